The van der Waals surface area contributed by atoms with E-state index in [4.69, 9.17) is 5.11 Å². The minimum atomic E-state index is -1.08. The van der Waals surface area contributed by atoms with Gasteiger partial charge in [-0.15, -0.1) is 6.58 Å². The van der Waals surface area contributed by atoms with Gasteiger partial charge in [0, 0.05) is 24.0 Å². The molecule has 0 bridgehead atoms. The van der Waals surface area contributed by atoms with Gasteiger partial charge < -0.3 is 15.0 Å². The number of carbonyl (C=O) groups excluding carboxylic acids is 1. The third-order valence-electron chi connectivity index (χ3n) is 2.80. The molecule has 0 aromatic carbocycles. The largest absolute Gasteiger partial charge is 0.480 e. The number of amides is 1. The molecule has 1 aromatic heterocycles. The van der Waals surface area contributed by atoms with Crippen molar-refractivity contribution in [3.8, 4) is 0 Å². The molecule has 1 atom stereocenters. The lowest BCUT2D eigenvalue weighted by atomic mass is 10.2. The molecule has 1 amide bonds. The average Bonchev–Trinajstić information content (AvgIpc) is 2.69. The highest BCUT2D eigenvalue weighted by Gasteiger charge is 2.17. The van der Waals surface area contributed by atoms with Crippen molar-refractivity contribution in [2.24, 2.45) is 0 Å². The minimum absolute atomic E-state index is 0.0435. The SMILES string of the molecule is C=CCC(NC(=O)CCCn1c(C)csc1=O)C(=O)O. The van der Waals surface area contributed by atoms with Crippen LogP contribution in [0.15, 0.2) is 22.8 Å². The van der Waals surface area contributed by atoms with Crippen LogP contribution in [0, 0.1) is 6.92 Å². The molecule has 7 heteroatoms. The molecule has 0 aliphatic heterocycles. The molecule has 2 N–H and O–H groups in total. The van der Waals surface area contributed by atoms with Crippen LogP contribution < -0.4 is 10.2 Å². The van der Waals surface area contributed by atoms with Crippen molar-refractivity contribution in [3.63, 3.8) is 0 Å². The molecule has 1 unspecified atom stereocenters. The number of aromatic nitrogens is 1. The topological polar surface area (TPSA) is 88.4 Å². The highest BCUT2D eigenvalue weighted by molar-refractivity contribution is 7.07. The molecular formula is C13H18N2O4S. The smallest absolute Gasteiger partial charge is 0.326 e. The Morgan fingerprint density at radius 3 is 2.80 bits per heavy atom. The Morgan fingerprint density at radius 2 is 2.30 bits per heavy atom. The van der Waals surface area contributed by atoms with Gasteiger partial charge in [-0.3, -0.25) is 9.59 Å². The van der Waals surface area contributed by atoms with Crippen molar-refractivity contribution in [1.29, 1.82) is 0 Å². The summed E-state index contributed by atoms with van der Waals surface area (Å²) in [5.41, 5.74) is 0.871. The summed E-state index contributed by atoms with van der Waals surface area (Å²) in [6, 6.07) is -0.939. The van der Waals surface area contributed by atoms with Crippen LogP contribution in [0.5, 0.6) is 0 Å². The summed E-state index contributed by atoms with van der Waals surface area (Å²) in [4.78, 5) is 33.9. The van der Waals surface area contributed by atoms with E-state index in [-0.39, 0.29) is 23.6 Å². The van der Waals surface area contributed by atoms with E-state index >= 15 is 0 Å². The number of carboxylic acid groups (broad SMARTS) is 1. The standard InChI is InChI=1S/C13H18N2O4S/c1-3-5-10(12(17)18)14-11(16)6-4-7-15-9(2)8-20-13(15)19/h3,8,10H,1,4-7H2,2H3,(H,14,16)(H,17,18). The number of carboxylic acids is 1. The number of hydrogen-bond acceptors (Lipinski definition) is 4. The molecule has 0 radical (unpaired) electrons. The van der Waals surface area contributed by atoms with Crippen LogP contribution >= 0.6 is 11.3 Å². The Labute approximate surface area is 120 Å². The fraction of sp³-hybridized carbons (Fsp3) is 0.462. The van der Waals surface area contributed by atoms with Gasteiger partial charge in [0.1, 0.15) is 6.04 Å². The first-order valence-electron chi connectivity index (χ1n) is 6.23. The molecule has 0 fully saturated rings. The Hall–Kier alpha value is -1.89. The third-order valence-corrected chi connectivity index (χ3v) is 3.68. The van der Waals surface area contributed by atoms with Crippen molar-refractivity contribution in [1.82, 2.24) is 9.88 Å². The van der Waals surface area contributed by atoms with E-state index in [9.17, 15) is 14.4 Å². The fourth-order valence-electron chi connectivity index (χ4n) is 1.73. The second kappa shape index (κ2) is 7.64. The molecule has 0 aliphatic carbocycles. The Morgan fingerprint density at radius 1 is 1.60 bits per heavy atom. The van der Waals surface area contributed by atoms with Gasteiger partial charge in [0.2, 0.25) is 5.91 Å². The van der Waals surface area contributed by atoms with Gasteiger partial charge in [0.05, 0.1) is 0 Å². The zero-order chi connectivity index (χ0) is 15.1. The molecule has 1 heterocycles. The molecule has 0 saturated carbocycles. The maximum Gasteiger partial charge on any atom is 0.326 e. The number of aliphatic carboxylic acids is 1. The minimum Gasteiger partial charge on any atom is -0.480 e. The second-order valence-electron chi connectivity index (χ2n) is 4.38. The number of rotatable bonds is 8. The van der Waals surface area contributed by atoms with Gasteiger partial charge >= 0.3 is 10.8 Å². The van der Waals surface area contributed by atoms with Crippen molar-refractivity contribution in [2.45, 2.75) is 38.8 Å². The fourth-order valence-corrected chi connectivity index (χ4v) is 2.49. The van der Waals surface area contributed by atoms with Crippen molar-refractivity contribution >= 4 is 23.2 Å². The van der Waals surface area contributed by atoms with Gasteiger partial charge in [-0.2, -0.15) is 0 Å². The van der Waals surface area contributed by atoms with E-state index in [0.717, 1.165) is 17.0 Å². The van der Waals surface area contributed by atoms with Gasteiger partial charge in [-0.25, -0.2) is 4.79 Å². The Balaban J connectivity index is 2.42. The molecule has 20 heavy (non-hydrogen) atoms. The van der Waals surface area contributed by atoms with Crippen LogP contribution in [0.1, 0.15) is 25.0 Å². The highest BCUT2D eigenvalue weighted by atomic mass is 32.1. The van der Waals surface area contributed by atoms with E-state index in [1.165, 1.54) is 6.08 Å². The quantitative estimate of drug-likeness (QED) is 0.705. The number of thiazole rings is 1. The Kier molecular flexibility index (Phi) is 6.17. The van der Waals surface area contributed by atoms with Gasteiger partial charge in [0.15, 0.2) is 0 Å². The number of nitrogens with one attached hydrogen (secondary N) is 1. The van der Waals surface area contributed by atoms with Crippen LogP contribution in [0.3, 0.4) is 0 Å². The molecule has 1 aromatic rings. The predicted molar refractivity (Wildman–Crippen MR) is 76.9 cm³/mol. The van der Waals surface area contributed by atoms with Crippen molar-refractivity contribution < 1.29 is 14.7 Å². The van der Waals surface area contributed by atoms with Crippen LogP contribution in [0.25, 0.3) is 0 Å². The first-order chi connectivity index (χ1) is 9.45. The highest BCUT2D eigenvalue weighted by Crippen LogP contribution is 2.03. The summed E-state index contributed by atoms with van der Waals surface area (Å²) in [6.45, 7) is 5.75. The van der Waals surface area contributed by atoms with E-state index in [0.29, 0.717) is 13.0 Å². The predicted octanol–water partition coefficient (Wildman–Crippen LogP) is 1.14. The van der Waals surface area contributed by atoms with Gasteiger partial charge in [0.25, 0.3) is 0 Å². The number of aryl methyl sites for hydroxylation is 1. The lowest BCUT2D eigenvalue weighted by molar-refractivity contribution is -0.141. The zero-order valence-electron chi connectivity index (χ0n) is 11.3. The maximum atomic E-state index is 11.6. The Bertz CT molecular complexity index is 547. The van der Waals surface area contributed by atoms with E-state index in [1.54, 1.807) is 9.95 Å². The van der Waals surface area contributed by atoms with Crippen molar-refractivity contribution in [2.75, 3.05) is 0 Å². The molecule has 110 valence electrons. The zero-order valence-corrected chi connectivity index (χ0v) is 12.1. The molecule has 1 rings (SSSR count). The summed E-state index contributed by atoms with van der Waals surface area (Å²) < 4.78 is 1.61. The summed E-state index contributed by atoms with van der Waals surface area (Å²) in [5.74, 6) is -1.41. The molecule has 0 saturated heterocycles. The summed E-state index contributed by atoms with van der Waals surface area (Å²) >= 11 is 1.13. The second-order valence-corrected chi connectivity index (χ2v) is 5.20. The molecule has 0 aliphatic rings. The van der Waals surface area contributed by atoms with E-state index in [1.807, 2.05) is 6.92 Å². The molecule has 0 spiro atoms. The third kappa shape index (κ3) is 4.65. The first-order valence-corrected chi connectivity index (χ1v) is 7.11. The first kappa shape index (κ1) is 16.2. The molecular weight excluding hydrogens is 280 g/mol. The van der Waals surface area contributed by atoms with Gasteiger partial charge in [-0.05, 0) is 19.8 Å². The lowest BCUT2D eigenvalue weighted by Crippen LogP contribution is -2.40. The van der Waals surface area contributed by atoms with Gasteiger partial charge in [-0.1, -0.05) is 17.4 Å². The lowest BCUT2D eigenvalue weighted by Gasteiger charge is -2.12. The number of nitrogens with zero attached hydrogens (tertiary/aromatic N) is 1. The maximum absolute atomic E-state index is 11.6. The number of hydrogen-bond donors (Lipinski definition) is 2. The molecule has 6 nitrogen and oxygen atoms in total. The average molecular weight is 298 g/mol. The van der Waals surface area contributed by atoms with Crippen LogP contribution in [-0.2, 0) is 16.1 Å². The summed E-state index contributed by atoms with van der Waals surface area (Å²) in [5, 5.41) is 13.1. The van der Waals surface area contributed by atoms with Crippen LogP contribution in [-0.4, -0.2) is 27.6 Å². The van der Waals surface area contributed by atoms with Crippen LogP contribution in [0.2, 0.25) is 0 Å². The monoisotopic (exact) mass is 298 g/mol. The van der Waals surface area contributed by atoms with E-state index < -0.39 is 12.0 Å². The van der Waals surface area contributed by atoms with E-state index in [2.05, 4.69) is 11.9 Å². The summed E-state index contributed by atoms with van der Waals surface area (Å²) in [7, 11) is 0. The van der Waals surface area contributed by atoms with Crippen LogP contribution in [0.4, 0.5) is 0 Å². The van der Waals surface area contributed by atoms with Crippen molar-refractivity contribution in [3.05, 3.63) is 33.4 Å². The summed E-state index contributed by atoms with van der Waals surface area (Å²) in [6.07, 6.45) is 2.31. The normalized spacial score (nSPS) is 11.8. The number of carbonyl (C=O) groups is 2.